The molecule has 7 nitrogen and oxygen atoms in total. The van der Waals surface area contributed by atoms with E-state index in [1.54, 1.807) is 38.1 Å². The lowest BCUT2D eigenvalue weighted by molar-refractivity contribution is 0.0930. The van der Waals surface area contributed by atoms with Gasteiger partial charge in [0, 0.05) is 11.6 Å². The van der Waals surface area contributed by atoms with Crippen LogP contribution >= 0.6 is 11.6 Å². The molecule has 1 N–H and O–H groups in total. The van der Waals surface area contributed by atoms with Gasteiger partial charge in [0.05, 0.1) is 11.7 Å². The predicted molar refractivity (Wildman–Crippen MR) is 107 cm³/mol. The second-order valence-electron chi connectivity index (χ2n) is 6.17. The number of carbonyl (C=O) groups excluding carboxylic acids is 1. The third kappa shape index (κ3) is 3.89. The quantitative estimate of drug-likeness (QED) is 0.715. The average Bonchev–Trinajstić information content (AvgIpc) is 2.70. The van der Waals surface area contributed by atoms with Crippen LogP contribution in [0.5, 0.6) is 0 Å². The van der Waals surface area contributed by atoms with Crippen LogP contribution in [-0.2, 0) is 6.54 Å². The van der Waals surface area contributed by atoms with Crippen molar-refractivity contribution in [3.05, 3.63) is 91.7 Å². The molecule has 0 radical (unpaired) electrons. The Kier molecular flexibility index (Phi) is 5.75. The van der Waals surface area contributed by atoms with Crippen molar-refractivity contribution in [1.29, 1.82) is 0 Å². The molecule has 1 atom stereocenters. The minimum absolute atomic E-state index is 0.113. The largest absolute Gasteiger partial charge is 0.352 e. The summed E-state index contributed by atoms with van der Waals surface area (Å²) in [6, 6.07) is 15.4. The summed E-state index contributed by atoms with van der Waals surface area (Å²) in [6.07, 6.45) is 0. The number of nitrogens with zero attached hydrogens (tertiary/aromatic N) is 3. The van der Waals surface area contributed by atoms with Gasteiger partial charge in [0.25, 0.3) is 11.5 Å². The summed E-state index contributed by atoms with van der Waals surface area (Å²) in [7, 11) is 0. The van der Waals surface area contributed by atoms with Crippen molar-refractivity contribution in [3.63, 3.8) is 0 Å². The average molecular weight is 399 g/mol. The van der Waals surface area contributed by atoms with Crippen molar-refractivity contribution >= 4 is 17.5 Å². The Labute approximate surface area is 166 Å². The summed E-state index contributed by atoms with van der Waals surface area (Å²) in [4.78, 5) is 38.0. The van der Waals surface area contributed by atoms with E-state index in [-0.39, 0.29) is 18.3 Å². The highest BCUT2D eigenvalue weighted by molar-refractivity contribution is 6.30. The van der Waals surface area contributed by atoms with Crippen LogP contribution in [0.25, 0.3) is 5.69 Å². The first-order valence-corrected chi connectivity index (χ1v) is 9.16. The molecule has 1 heterocycles. The molecule has 2 aromatic carbocycles. The molecule has 0 saturated heterocycles. The number of carbonyl (C=O) groups is 1. The van der Waals surface area contributed by atoms with Gasteiger partial charge in [-0.3, -0.25) is 14.2 Å². The Morgan fingerprint density at radius 1 is 1.11 bits per heavy atom. The lowest BCUT2D eigenvalue weighted by Crippen LogP contribution is -2.45. The Morgan fingerprint density at radius 2 is 1.75 bits per heavy atom. The molecule has 1 amide bonds. The van der Waals surface area contributed by atoms with E-state index < -0.39 is 17.2 Å². The molecule has 144 valence electrons. The molecule has 0 saturated carbocycles. The molecule has 0 spiro atoms. The molecule has 0 aliphatic carbocycles. The zero-order chi connectivity index (χ0) is 20.3. The van der Waals surface area contributed by atoms with Crippen molar-refractivity contribution in [2.75, 3.05) is 0 Å². The Bertz CT molecular complexity index is 1110. The first-order valence-electron chi connectivity index (χ1n) is 8.78. The van der Waals surface area contributed by atoms with Gasteiger partial charge < -0.3 is 5.32 Å². The standard InChI is InChI=1S/C20H19ClN4O3/c1-3-24-19(27)17(18(26)22-13(2)14-7-5-4-6-8-14)23-25(20(24)28)16-11-9-15(21)10-12-16/h4-13H,3H2,1-2H3,(H,22,26). The summed E-state index contributed by atoms with van der Waals surface area (Å²) < 4.78 is 2.01. The monoisotopic (exact) mass is 398 g/mol. The van der Waals surface area contributed by atoms with E-state index in [4.69, 9.17) is 11.6 Å². The van der Waals surface area contributed by atoms with Crippen LogP contribution in [0.4, 0.5) is 0 Å². The van der Waals surface area contributed by atoms with E-state index in [1.165, 1.54) is 0 Å². The van der Waals surface area contributed by atoms with Gasteiger partial charge >= 0.3 is 5.69 Å². The maximum Gasteiger partial charge on any atom is 0.352 e. The van der Waals surface area contributed by atoms with Crippen LogP contribution in [0.15, 0.2) is 64.2 Å². The fourth-order valence-electron chi connectivity index (χ4n) is 2.78. The molecule has 1 aromatic heterocycles. The molecule has 3 rings (SSSR count). The molecule has 8 heteroatoms. The highest BCUT2D eigenvalue weighted by Gasteiger charge is 2.21. The van der Waals surface area contributed by atoms with Gasteiger partial charge in [0.1, 0.15) is 0 Å². The highest BCUT2D eigenvalue weighted by atomic mass is 35.5. The number of amides is 1. The maximum atomic E-state index is 12.7. The van der Waals surface area contributed by atoms with Crippen molar-refractivity contribution < 1.29 is 4.79 Å². The van der Waals surface area contributed by atoms with Crippen molar-refractivity contribution in [1.82, 2.24) is 19.7 Å². The lowest BCUT2D eigenvalue weighted by Gasteiger charge is -2.15. The van der Waals surface area contributed by atoms with Gasteiger partial charge in [-0.2, -0.15) is 9.78 Å². The molecule has 0 fully saturated rings. The van der Waals surface area contributed by atoms with Gasteiger partial charge in [-0.15, -0.1) is 0 Å². The van der Waals surface area contributed by atoms with E-state index >= 15 is 0 Å². The van der Waals surface area contributed by atoms with Gasteiger partial charge in [-0.05, 0) is 43.7 Å². The number of aromatic nitrogens is 3. The van der Waals surface area contributed by atoms with Crippen molar-refractivity contribution in [2.24, 2.45) is 0 Å². The van der Waals surface area contributed by atoms with Gasteiger partial charge in [0.15, 0.2) is 0 Å². The molecule has 0 aliphatic heterocycles. The Hall–Kier alpha value is -3.19. The Balaban J connectivity index is 2.04. The molecule has 3 aromatic rings. The third-order valence-electron chi connectivity index (χ3n) is 4.31. The van der Waals surface area contributed by atoms with Crippen LogP contribution in [0.3, 0.4) is 0 Å². The highest BCUT2D eigenvalue weighted by Crippen LogP contribution is 2.12. The summed E-state index contributed by atoms with van der Waals surface area (Å²) in [5.41, 5.74) is -0.406. The predicted octanol–water partition coefficient (Wildman–Crippen LogP) is 2.56. The first kappa shape index (κ1) is 19.6. The van der Waals surface area contributed by atoms with E-state index in [0.717, 1.165) is 14.8 Å². The summed E-state index contributed by atoms with van der Waals surface area (Å²) in [5.74, 6) is -0.647. The van der Waals surface area contributed by atoms with Crippen LogP contribution in [0.1, 0.15) is 35.9 Å². The molecule has 1 unspecified atom stereocenters. The number of halogens is 1. The maximum absolute atomic E-state index is 12.7. The van der Waals surface area contributed by atoms with Gasteiger partial charge in [-0.1, -0.05) is 41.9 Å². The van der Waals surface area contributed by atoms with E-state index in [2.05, 4.69) is 10.4 Å². The molecule has 0 aliphatic rings. The molecular weight excluding hydrogens is 380 g/mol. The third-order valence-corrected chi connectivity index (χ3v) is 4.56. The molecular formula is C20H19ClN4O3. The van der Waals surface area contributed by atoms with Gasteiger partial charge in [-0.25, -0.2) is 4.79 Å². The zero-order valence-electron chi connectivity index (χ0n) is 15.4. The smallest absolute Gasteiger partial charge is 0.344 e. The summed E-state index contributed by atoms with van der Waals surface area (Å²) in [6.45, 7) is 3.58. The first-order chi connectivity index (χ1) is 13.4. The van der Waals surface area contributed by atoms with Crippen LogP contribution < -0.4 is 16.6 Å². The molecule has 28 heavy (non-hydrogen) atoms. The number of nitrogens with one attached hydrogen (secondary N) is 1. The van der Waals surface area contributed by atoms with Crippen LogP contribution in [0.2, 0.25) is 5.02 Å². The van der Waals surface area contributed by atoms with Crippen LogP contribution in [0, 0.1) is 0 Å². The van der Waals surface area contributed by atoms with E-state index in [9.17, 15) is 14.4 Å². The second kappa shape index (κ2) is 8.22. The minimum atomic E-state index is -0.726. The Morgan fingerprint density at radius 3 is 2.36 bits per heavy atom. The lowest BCUT2D eigenvalue weighted by atomic mass is 10.1. The second-order valence-corrected chi connectivity index (χ2v) is 6.61. The number of hydrogen-bond acceptors (Lipinski definition) is 4. The molecule has 0 bridgehead atoms. The van der Waals surface area contributed by atoms with E-state index in [1.807, 2.05) is 30.3 Å². The van der Waals surface area contributed by atoms with Crippen LogP contribution in [-0.4, -0.2) is 20.3 Å². The van der Waals surface area contributed by atoms with E-state index in [0.29, 0.717) is 10.7 Å². The van der Waals surface area contributed by atoms with Crippen molar-refractivity contribution in [2.45, 2.75) is 26.4 Å². The topological polar surface area (TPSA) is 86.0 Å². The zero-order valence-corrected chi connectivity index (χ0v) is 16.2. The summed E-state index contributed by atoms with van der Waals surface area (Å²) >= 11 is 5.89. The normalized spacial score (nSPS) is 11.8. The number of benzene rings is 2. The van der Waals surface area contributed by atoms with Crippen molar-refractivity contribution in [3.8, 4) is 5.69 Å². The fourth-order valence-corrected chi connectivity index (χ4v) is 2.90. The fraction of sp³-hybridized carbons (Fsp3) is 0.200. The SMILES string of the molecule is CCn1c(=O)c(C(=O)NC(C)c2ccccc2)nn(-c2ccc(Cl)cc2)c1=O. The summed E-state index contributed by atoms with van der Waals surface area (Å²) in [5, 5.41) is 7.30. The minimum Gasteiger partial charge on any atom is -0.344 e. The number of hydrogen-bond donors (Lipinski definition) is 1. The number of rotatable bonds is 5. The van der Waals surface area contributed by atoms with Gasteiger partial charge in [0.2, 0.25) is 5.69 Å².